The highest BCUT2D eigenvalue weighted by molar-refractivity contribution is 6.01. The number of carbonyl (C=O) groups excluding carboxylic acids is 1. The lowest BCUT2D eigenvalue weighted by molar-refractivity contribution is -0.383. The van der Waals surface area contributed by atoms with Crippen molar-refractivity contribution < 1.29 is 9.72 Å². The molecule has 2 aromatic rings. The molecular weight excluding hydrogens is 312 g/mol. The number of nitrogen functional groups attached to an aromatic ring is 1. The number of nitrogens with zero attached hydrogens (tertiary/aromatic N) is 4. The minimum absolute atomic E-state index is 0.107. The van der Waals surface area contributed by atoms with E-state index in [1.807, 2.05) is 17.8 Å². The molecule has 1 fully saturated rings. The molecule has 9 nitrogen and oxygen atoms in total. The lowest BCUT2D eigenvalue weighted by atomic mass is 10.1. The van der Waals surface area contributed by atoms with E-state index < -0.39 is 4.92 Å². The maximum Gasteiger partial charge on any atom is 0.292 e. The number of nitrogens with one attached hydrogen (secondary N) is 1. The number of anilines is 1. The van der Waals surface area contributed by atoms with Crippen LogP contribution in [0.15, 0.2) is 30.6 Å². The lowest BCUT2D eigenvalue weighted by Crippen LogP contribution is -2.49. The van der Waals surface area contributed by atoms with Crippen molar-refractivity contribution in [2.24, 2.45) is 7.05 Å². The summed E-state index contributed by atoms with van der Waals surface area (Å²) in [4.78, 5) is 29.4. The van der Waals surface area contributed by atoms with Crippen molar-refractivity contribution in [3.05, 3.63) is 52.1 Å². The Kier molecular flexibility index (Phi) is 4.17. The third kappa shape index (κ3) is 2.69. The smallest absolute Gasteiger partial charge is 0.292 e. The van der Waals surface area contributed by atoms with Crippen molar-refractivity contribution >= 4 is 17.3 Å². The summed E-state index contributed by atoms with van der Waals surface area (Å²) < 4.78 is 1.86. The first-order chi connectivity index (χ1) is 11.5. The van der Waals surface area contributed by atoms with Crippen molar-refractivity contribution in [2.75, 3.05) is 25.4 Å². The molecular formula is C15H18N6O3. The van der Waals surface area contributed by atoms with E-state index in [1.54, 1.807) is 11.1 Å². The Hall–Kier alpha value is -2.94. The van der Waals surface area contributed by atoms with Gasteiger partial charge in [-0.1, -0.05) is 6.07 Å². The topological polar surface area (TPSA) is 119 Å². The summed E-state index contributed by atoms with van der Waals surface area (Å²) in [5.41, 5.74) is 5.64. The van der Waals surface area contributed by atoms with Gasteiger partial charge in [0.15, 0.2) is 0 Å². The number of nitro groups is 1. The van der Waals surface area contributed by atoms with E-state index in [4.69, 9.17) is 5.73 Å². The molecule has 1 saturated heterocycles. The van der Waals surface area contributed by atoms with Gasteiger partial charge in [0.2, 0.25) is 0 Å². The predicted octanol–water partition coefficient (Wildman–Crippen LogP) is 0.697. The molecule has 3 rings (SSSR count). The number of benzene rings is 1. The van der Waals surface area contributed by atoms with Gasteiger partial charge in [0, 0.05) is 45.1 Å². The van der Waals surface area contributed by atoms with Gasteiger partial charge < -0.3 is 20.5 Å². The van der Waals surface area contributed by atoms with Crippen LogP contribution in [0.2, 0.25) is 0 Å². The second-order valence-electron chi connectivity index (χ2n) is 5.61. The molecule has 0 bridgehead atoms. The first-order valence-corrected chi connectivity index (χ1v) is 7.52. The monoisotopic (exact) mass is 330 g/mol. The summed E-state index contributed by atoms with van der Waals surface area (Å²) in [5.74, 6) is 0.422. The van der Waals surface area contributed by atoms with Crippen molar-refractivity contribution in [3.63, 3.8) is 0 Å². The number of aryl methyl sites for hydroxylation is 1. The SMILES string of the molecule is Cn1ccnc1C1CNCCN1C(=O)c1cccc([N+](=O)[O-])c1N. The van der Waals surface area contributed by atoms with Crippen LogP contribution in [0.25, 0.3) is 0 Å². The van der Waals surface area contributed by atoms with Crippen molar-refractivity contribution in [1.29, 1.82) is 0 Å². The molecule has 1 aromatic carbocycles. The number of piperazine rings is 1. The minimum Gasteiger partial charge on any atom is -0.393 e. The maximum atomic E-state index is 13.0. The third-order valence-corrected chi connectivity index (χ3v) is 4.17. The molecule has 126 valence electrons. The zero-order valence-electron chi connectivity index (χ0n) is 13.2. The summed E-state index contributed by atoms with van der Waals surface area (Å²) in [5, 5.41) is 14.3. The standard InChI is InChI=1S/C15H18N6O3/c1-19-7-6-18-14(19)12-9-17-5-8-20(12)15(22)10-3-2-4-11(13(10)16)21(23)24/h2-4,6-7,12,17H,5,8-9,16H2,1H3. The van der Waals surface area contributed by atoms with E-state index in [9.17, 15) is 14.9 Å². The van der Waals surface area contributed by atoms with E-state index >= 15 is 0 Å². The van der Waals surface area contributed by atoms with Crippen LogP contribution in [0.5, 0.6) is 0 Å². The molecule has 1 aromatic heterocycles. The van der Waals surface area contributed by atoms with Gasteiger partial charge in [-0.25, -0.2) is 4.98 Å². The summed E-state index contributed by atoms with van der Waals surface area (Å²) in [6, 6.07) is 4.02. The normalized spacial score (nSPS) is 17.7. The van der Waals surface area contributed by atoms with E-state index in [1.165, 1.54) is 18.2 Å². The molecule has 1 unspecified atom stereocenters. The Morgan fingerprint density at radius 2 is 2.29 bits per heavy atom. The van der Waals surface area contributed by atoms with E-state index in [-0.39, 0.29) is 28.9 Å². The van der Waals surface area contributed by atoms with Crippen molar-refractivity contribution in [1.82, 2.24) is 19.8 Å². The molecule has 1 aliphatic rings. The highest BCUT2D eigenvalue weighted by Gasteiger charge is 2.32. The van der Waals surface area contributed by atoms with Crippen LogP contribution in [-0.4, -0.2) is 44.9 Å². The molecule has 1 atom stereocenters. The molecule has 1 amide bonds. The zero-order chi connectivity index (χ0) is 17.3. The van der Waals surface area contributed by atoms with Crippen LogP contribution in [0, 0.1) is 10.1 Å². The maximum absolute atomic E-state index is 13.0. The van der Waals surface area contributed by atoms with Gasteiger partial charge in [-0.15, -0.1) is 0 Å². The molecule has 1 aliphatic heterocycles. The molecule has 0 aliphatic carbocycles. The number of rotatable bonds is 3. The van der Waals surface area contributed by atoms with E-state index in [0.717, 1.165) is 5.82 Å². The Balaban J connectivity index is 1.97. The Bertz CT molecular complexity index is 787. The van der Waals surface area contributed by atoms with Crippen LogP contribution >= 0.6 is 0 Å². The average molecular weight is 330 g/mol. The van der Waals surface area contributed by atoms with Gasteiger partial charge in [0.05, 0.1) is 10.5 Å². The van der Waals surface area contributed by atoms with Crippen LogP contribution in [-0.2, 0) is 7.05 Å². The largest absolute Gasteiger partial charge is 0.393 e. The molecule has 0 spiro atoms. The number of imidazole rings is 1. The number of carbonyl (C=O) groups is 1. The van der Waals surface area contributed by atoms with Gasteiger partial charge in [0.25, 0.3) is 11.6 Å². The summed E-state index contributed by atoms with van der Waals surface area (Å²) in [7, 11) is 1.86. The zero-order valence-corrected chi connectivity index (χ0v) is 13.2. The summed E-state index contributed by atoms with van der Waals surface area (Å²) >= 11 is 0. The predicted molar refractivity (Wildman–Crippen MR) is 87.4 cm³/mol. The van der Waals surface area contributed by atoms with Gasteiger partial charge in [-0.3, -0.25) is 14.9 Å². The summed E-state index contributed by atoms with van der Waals surface area (Å²) in [6.45, 7) is 1.67. The number of aromatic nitrogens is 2. The number of para-hydroxylation sites is 1. The van der Waals surface area contributed by atoms with Crippen LogP contribution in [0.4, 0.5) is 11.4 Å². The first kappa shape index (κ1) is 15.9. The minimum atomic E-state index is -0.583. The van der Waals surface area contributed by atoms with Crippen molar-refractivity contribution in [2.45, 2.75) is 6.04 Å². The lowest BCUT2D eigenvalue weighted by Gasteiger charge is -2.36. The Labute approximate surface area is 138 Å². The molecule has 0 radical (unpaired) electrons. The van der Waals surface area contributed by atoms with Crippen LogP contribution in [0.3, 0.4) is 0 Å². The molecule has 3 N–H and O–H groups in total. The fraction of sp³-hybridized carbons (Fsp3) is 0.333. The van der Waals surface area contributed by atoms with E-state index in [0.29, 0.717) is 19.6 Å². The Morgan fingerprint density at radius 1 is 1.50 bits per heavy atom. The van der Waals surface area contributed by atoms with Crippen LogP contribution < -0.4 is 11.1 Å². The average Bonchev–Trinajstić information content (AvgIpc) is 3.00. The number of hydrogen-bond acceptors (Lipinski definition) is 6. The van der Waals surface area contributed by atoms with Crippen LogP contribution in [0.1, 0.15) is 22.2 Å². The molecule has 0 saturated carbocycles. The summed E-state index contributed by atoms with van der Waals surface area (Å²) in [6.07, 6.45) is 3.49. The highest BCUT2D eigenvalue weighted by atomic mass is 16.6. The molecule has 24 heavy (non-hydrogen) atoms. The second-order valence-corrected chi connectivity index (χ2v) is 5.61. The fourth-order valence-electron chi connectivity index (χ4n) is 2.93. The first-order valence-electron chi connectivity index (χ1n) is 7.52. The number of hydrogen-bond donors (Lipinski definition) is 2. The number of nitro benzene ring substituents is 1. The quantitative estimate of drug-likeness (QED) is 0.485. The van der Waals surface area contributed by atoms with Gasteiger partial charge in [-0.2, -0.15) is 0 Å². The van der Waals surface area contributed by atoms with E-state index in [2.05, 4.69) is 10.3 Å². The third-order valence-electron chi connectivity index (χ3n) is 4.17. The second kappa shape index (κ2) is 6.28. The Morgan fingerprint density at radius 3 is 2.96 bits per heavy atom. The highest BCUT2D eigenvalue weighted by Crippen LogP contribution is 2.29. The van der Waals surface area contributed by atoms with Gasteiger partial charge in [-0.05, 0) is 6.07 Å². The molecule has 9 heteroatoms. The number of amides is 1. The fourth-order valence-corrected chi connectivity index (χ4v) is 2.93. The van der Waals surface area contributed by atoms with Crippen molar-refractivity contribution in [3.8, 4) is 0 Å². The van der Waals surface area contributed by atoms with Gasteiger partial charge >= 0.3 is 0 Å². The van der Waals surface area contributed by atoms with Gasteiger partial charge in [0.1, 0.15) is 17.6 Å². The molecule has 2 heterocycles. The number of nitrogens with two attached hydrogens (primary N) is 1.